The Morgan fingerprint density at radius 2 is 1.85 bits per heavy atom. The Labute approximate surface area is 156 Å². The van der Waals surface area contributed by atoms with Crippen LogP contribution in [0.2, 0.25) is 0 Å². The van der Waals surface area contributed by atoms with Crippen molar-refractivity contribution >= 4 is 11.8 Å². The maximum Gasteiger partial charge on any atom is 0.255 e. The number of nitrogens with two attached hydrogens (primary N) is 1. The van der Waals surface area contributed by atoms with Gasteiger partial charge < -0.3 is 20.5 Å². The predicted molar refractivity (Wildman–Crippen MR) is 96.8 cm³/mol. The Morgan fingerprint density at radius 3 is 2.44 bits per heavy atom. The van der Waals surface area contributed by atoms with Crippen LogP contribution in [0.1, 0.15) is 24.0 Å². The molecule has 0 bridgehead atoms. The molecule has 1 aliphatic carbocycles. The van der Waals surface area contributed by atoms with Crippen LogP contribution in [0.15, 0.2) is 42.5 Å². The van der Waals surface area contributed by atoms with Crippen LogP contribution in [0.5, 0.6) is 11.5 Å². The molecule has 0 radical (unpaired) electrons. The fraction of sp³-hybridized carbons (Fsp3) is 0.300. The number of nitrogens with one attached hydrogen (secondary N) is 1. The zero-order chi connectivity index (χ0) is 19.4. The van der Waals surface area contributed by atoms with E-state index in [-0.39, 0.29) is 18.3 Å². The molecule has 1 saturated carbocycles. The van der Waals surface area contributed by atoms with Gasteiger partial charge in [-0.1, -0.05) is 18.2 Å². The summed E-state index contributed by atoms with van der Waals surface area (Å²) < 4.78 is 23.7. The van der Waals surface area contributed by atoms with E-state index in [9.17, 15) is 14.0 Å². The van der Waals surface area contributed by atoms with Gasteiger partial charge in [0.15, 0.2) is 18.1 Å². The van der Waals surface area contributed by atoms with Crippen molar-refractivity contribution in [1.82, 2.24) is 5.32 Å². The number of methoxy groups -OCH3 is 1. The highest BCUT2D eigenvalue weighted by molar-refractivity contribution is 5.91. The van der Waals surface area contributed by atoms with Crippen molar-refractivity contribution in [3.8, 4) is 11.5 Å². The predicted octanol–water partition coefficient (Wildman–Crippen LogP) is 2.05. The van der Waals surface area contributed by atoms with E-state index in [0.717, 1.165) is 24.0 Å². The lowest BCUT2D eigenvalue weighted by atomic mass is 9.95. The van der Waals surface area contributed by atoms with E-state index in [4.69, 9.17) is 15.2 Å². The van der Waals surface area contributed by atoms with Gasteiger partial charge >= 0.3 is 0 Å². The molecule has 27 heavy (non-hydrogen) atoms. The summed E-state index contributed by atoms with van der Waals surface area (Å²) in [4.78, 5) is 23.5. The lowest BCUT2D eigenvalue weighted by Gasteiger charge is -2.16. The number of hydrogen-bond acceptors (Lipinski definition) is 4. The first-order chi connectivity index (χ1) is 12.9. The molecular formula is C20H21FN2O4. The Bertz CT molecular complexity index is 848. The largest absolute Gasteiger partial charge is 0.493 e. The molecule has 2 aromatic rings. The summed E-state index contributed by atoms with van der Waals surface area (Å²) in [6.45, 7) is 0.0703. The summed E-state index contributed by atoms with van der Waals surface area (Å²) in [6, 6.07) is 11.2. The molecule has 0 saturated heterocycles. The standard InChI is InChI=1S/C20H21FN2O4/c1-26-17-10-13(2-7-16(17)27-12-18(22)24)11-23-19(25)20(8-9-20)14-3-5-15(21)6-4-14/h2-7,10H,8-9,11-12H2,1H3,(H2,22,24)(H,23,25). The van der Waals surface area contributed by atoms with Gasteiger partial charge in [-0.15, -0.1) is 0 Å². The van der Waals surface area contributed by atoms with Crippen LogP contribution in [0.3, 0.4) is 0 Å². The minimum Gasteiger partial charge on any atom is -0.493 e. The average molecular weight is 372 g/mol. The van der Waals surface area contributed by atoms with Crippen molar-refractivity contribution < 1.29 is 23.5 Å². The van der Waals surface area contributed by atoms with Gasteiger partial charge in [0.05, 0.1) is 12.5 Å². The number of carbonyl (C=O) groups is 2. The number of hydrogen-bond donors (Lipinski definition) is 2. The van der Waals surface area contributed by atoms with Gasteiger partial charge in [0, 0.05) is 6.54 Å². The summed E-state index contributed by atoms with van der Waals surface area (Å²) >= 11 is 0. The molecule has 142 valence electrons. The fourth-order valence-electron chi connectivity index (χ4n) is 2.98. The summed E-state index contributed by atoms with van der Waals surface area (Å²) in [5.41, 5.74) is 6.15. The second kappa shape index (κ2) is 7.65. The van der Waals surface area contributed by atoms with E-state index in [0.29, 0.717) is 18.0 Å². The van der Waals surface area contributed by atoms with E-state index < -0.39 is 11.3 Å². The van der Waals surface area contributed by atoms with E-state index in [2.05, 4.69) is 5.32 Å². The summed E-state index contributed by atoms with van der Waals surface area (Å²) in [7, 11) is 1.49. The van der Waals surface area contributed by atoms with Gasteiger partial charge in [-0.2, -0.15) is 0 Å². The third-order valence-corrected chi connectivity index (χ3v) is 4.63. The van der Waals surface area contributed by atoms with Crippen LogP contribution in [-0.4, -0.2) is 25.5 Å². The molecule has 0 spiro atoms. The molecule has 0 aromatic heterocycles. The van der Waals surface area contributed by atoms with E-state index >= 15 is 0 Å². The fourth-order valence-corrected chi connectivity index (χ4v) is 2.98. The molecule has 6 nitrogen and oxygen atoms in total. The first kappa shape index (κ1) is 18.7. The molecule has 0 aliphatic heterocycles. The number of halogens is 1. The maximum atomic E-state index is 13.1. The van der Waals surface area contributed by atoms with E-state index in [1.807, 2.05) is 0 Å². The highest BCUT2D eigenvalue weighted by Gasteiger charge is 2.51. The van der Waals surface area contributed by atoms with Crippen LogP contribution in [0.25, 0.3) is 0 Å². The number of ether oxygens (including phenoxy) is 2. The highest BCUT2D eigenvalue weighted by atomic mass is 19.1. The topological polar surface area (TPSA) is 90.7 Å². The van der Waals surface area contributed by atoms with Crippen LogP contribution in [-0.2, 0) is 21.5 Å². The maximum absolute atomic E-state index is 13.1. The molecule has 0 heterocycles. The van der Waals surface area contributed by atoms with Gasteiger partial charge in [0.2, 0.25) is 5.91 Å². The second-order valence-electron chi connectivity index (χ2n) is 6.51. The van der Waals surface area contributed by atoms with Crippen LogP contribution in [0, 0.1) is 5.82 Å². The number of primary amides is 1. The van der Waals surface area contributed by atoms with Gasteiger partial charge in [0.1, 0.15) is 5.82 Å². The van der Waals surface area contributed by atoms with Gasteiger partial charge in [-0.05, 0) is 48.2 Å². The SMILES string of the molecule is COc1cc(CNC(=O)C2(c3ccc(F)cc3)CC2)ccc1OCC(N)=O. The Morgan fingerprint density at radius 1 is 1.15 bits per heavy atom. The van der Waals surface area contributed by atoms with Gasteiger partial charge in [-0.25, -0.2) is 4.39 Å². The zero-order valence-corrected chi connectivity index (χ0v) is 15.0. The second-order valence-corrected chi connectivity index (χ2v) is 6.51. The zero-order valence-electron chi connectivity index (χ0n) is 15.0. The number of amides is 2. The van der Waals surface area contributed by atoms with Gasteiger partial charge in [-0.3, -0.25) is 9.59 Å². The third-order valence-electron chi connectivity index (χ3n) is 4.63. The lowest BCUT2D eigenvalue weighted by Crippen LogP contribution is -2.34. The molecule has 2 aromatic carbocycles. The molecule has 1 fully saturated rings. The van der Waals surface area contributed by atoms with Crippen molar-refractivity contribution in [3.05, 3.63) is 59.4 Å². The Balaban J connectivity index is 1.65. The normalized spacial score (nSPS) is 14.3. The van der Waals surface area contributed by atoms with Crippen molar-refractivity contribution in [1.29, 1.82) is 0 Å². The number of carbonyl (C=O) groups excluding carboxylic acids is 2. The molecule has 3 N–H and O–H groups in total. The minimum atomic E-state index is -0.580. The van der Waals surface area contributed by atoms with Crippen LogP contribution >= 0.6 is 0 Å². The van der Waals surface area contributed by atoms with Crippen molar-refractivity contribution in [3.63, 3.8) is 0 Å². The molecular weight excluding hydrogens is 351 g/mol. The summed E-state index contributed by atoms with van der Waals surface area (Å²) in [5, 5.41) is 2.93. The number of benzene rings is 2. The highest BCUT2D eigenvalue weighted by Crippen LogP contribution is 2.48. The van der Waals surface area contributed by atoms with Crippen LogP contribution < -0.4 is 20.5 Å². The average Bonchev–Trinajstić information content (AvgIpc) is 3.47. The van der Waals surface area contributed by atoms with Crippen molar-refractivity contribution in [2.75, 3.05) is 13.7 Å². The Hall–Kier alpha value is -3.09. The minimum absolute atomic E-state index is 0.0814. The quantitative estimate of drug-likeness (QED) is 0.742. The van der Waals surface area contributed by atoms with Crippen molar-refractivity contribution in [2.45, 2.75) is 24.8 Å². The molecule has 1 aliphatic rings. The first-order valence-corrected chi connectivity index (χ1v) is 8.57. The van der Waals surface area contributed by atoms with Crippen LogP contribution in [0.4, 0.5) is 4.39 Å². The van der Waals surface area contributed by atoms with Crippen molar-refractivity contribution in [2.24, 2.45) is 5.73 Å². The van der Waals surface area contributed by atoms with Gasteiger partial charge in [0.25, 0.3) is 5.91 Å². The Kier molecular flexibility index (Phi) is 5.30. The molecule has 0 unspecified atom stereocenters. The molecule has 7 heteroatoms. The third kappa shape index (κ3) is 4.19. The first-order valence-electron chi connectivity index (χ1n) is 8.57. The molecule has 0 atom stereocenters. The van der Waals surface area contributed by atoms with E-state index in [1.54, 1.807) is 30.3 Å². The monoisotopic (exact) mass is 372 g/mol. The number of rotatable bonds is 8. The molecule has 3 rings (SSSR count). The summed E-state index contributed by atoms with van der Waals surface area (Å²) in [6.07, 6.45) is 1.49. The molecule has 2 amide bonds. The summed E-state index contributed by atoms with van der Waals surface area (Å²) in [5.74, 6) is -0.134. The smallest absolute Gasteiger partial charge is 0.255 e. The van der Waals surface area contributed by atoms with E-state index in [1.165, 1.54) is 19.2 Å². The lowest BCUT2D eigenvalue weighted by molar-refractivity contribution is -0.123.